The van der Waals surface area contributed by atoms with E-state index in [1.54, 1.807) is 6.07 Å². The molecule has 21 heavy (non-hydrogen) atoms. The van der Waals surface area contributed by atoms with Crippen LogP contribution in [0.4, 0.5) is 24.5 Å². The highest BCUT2D eigenvalue weighted by Crippen LogP contribution is 2.35. The Morgan fingerprint density at radius 1 is 1.24 bits per heavy atom. The van der Waals surface area contributed by atoms with E-state index in [0.29, 0.717) is 23.8 Å². The molecule has 1 N–H and O–H groups in total. The van der Waals surface area contributed by atoms with Gasteiger partial charge in [-0.3, -0.25) is 4.79 Å². The number of carbonyl (C=O) groups is 1. The van der Waals surface area contributed by atoms with Crippen LogP contribution < -0.4 is 10.2 Å². The largest absolute Gasteiger partial charge is 0.471 e. The molecule has 2 rings (SSSR count). The second kappa shape index (κ2) is 6.11. The number of nitrogens with one attached hydrogen (secondary N) is 1. The molecule has 0 aliphatic carbocycles. The first-order valence-electron chi connectivity index (χ1n) is 6.39. The van der Waals surface area contributed by atoms with Crippen LogP contribution in [0.2, 0.25) is 5.02 Å². The SMILES string of the molecule is CN1CCN(c2c(Cl)cccc2NC(=O)C(F)(F)F)CC1. The number of hydrogen-bond acceptors (Lipinski definition) is 3. The maximum atomic E-state index is 12.4. The molecule has 1 aliphatic rings. The Hall–Kier alpha value is -1.47. The van der Waals surface area contributed by atoms with Gasteiger partial charge in [0.05, 0.1) is 16.4 Å². The molecule has 0 spiro atoms. The van der Waals surface area contributed by atoms with Crippen LogP contribution in [-0.4, -0.2) is 50.2 Å². The fourth-order valence-corrected chi connectivity index (χ4v) is 2.45. The normalized spacial score (nSPS) is 16.9. The molecule has 0 aromatic heterocycles. The van der Waals surface area contributed by atoms with Crippen molar-refractivity contribution in [3.8, 4) is 0 Å². The molecule has 1 aromatic rings. The van der Waals surface area contributed by atoms with E-state index in [9.17, 15) is 18.0 Å². The van der Waals surface area contributed by atoms with Gasteiger partial charge in [-0.15, -0.1) is 0 Å². The van der Waals surface area contributed by atoms with Gasteiger partial charge in [0.15, 0.2) is 0 Å². The quantitative estimate of drug-likeness (QED) is 0.909. The number of nitrogens with zero attached hydrogens (tertiary/aromatic N) is 2. The summed E-state index contributed by atoms with van der Waals surface area (Å²) in [6.07, 6.45) is -4.93. The monoisotopic (exact) mass is 321 g/mol. The van der Waals surface area contributed by atoms with Gasteiger partial charge in [-0.2, -0.15) is 13.2 Å². The first-order chi connectivity index (χ1) is 9.79. The first kappa shape index (κ1) is 15.9. The molecule has 1 aromatic carbocycles. The minimum Gasteiger partial charge on any atom is -0.366 e. The van der Waals surface area contributed by atoms with E-state index in [-0.39, 0.29) is 5.69 Å². The van der Waals surface area contributed by atoms with Gasteiger partial charge in [-0.25, -0.2) is 0 Å². The third-order valence-electron chi connectivity index (χ3n) is 3.31. The van der Waals surface area contributed by atoms with E-state index in [4.69, 9.17) is 11.6 Å². The van der Waals surface area contributed by atoms with Crippen molar-refractivity contribution in [2.75, 3.05) is 43.4 Å². The van der Waals surface area contributed by atoms with E-state index in [0.717, 1.165) is 13.1 Å². The van der Waals surface area contributed by atoms with Crippen LogP contribution in [0.3, 0.4) is 0 Å². The van der Waals surface area contributed by atoms with Gasteiger partial charge in [-0.05, 0) is 19.2 Å². The molecular formula is C13H15ClF3N3O. The van der Waals surface area contributed by atoms with Crippen molar-refractivity contribution in [1.82, 2.24) is 4.90 Å². The molecule has 1 aliphatic heterocycles. The Bertz CT molecular complexity index is 528. The van der Waals surface area contributed by atoms with Gasteiger partial charge >= 0.3 is 12.1 Å². The highest BCUT2D eigenvalue weighted by molar-refractivity contribution is 6.34. The molecule has 0 saturated carbocycles. The number of likely N-dealkylation sites (N-methyl/N-ethyl adjacent to an activating group) is 1. The Morgan fingerprint density at radius 3 is 2.43 bits per heavy atom. The summed E-state index contributed by atoms with van der Waals surface area (Å²) in [4.78, 5) is 15.1. The zero-order valence-electron chi connectivity index (χ0n) is 11.4. The number of anilines is 2. The molecule has 1 amide bonds. The molecule has 116 valence electrons. The summed E-state index contributed by atoms with van der Waals surface area (Å²) >= 11 is 6.11. The van der Waals surface area contributed by atoms with E-state index in [1.807, 2.05) is 17.3 Å². The number of rotatable bonds is 2. The molecule has 8 heteroatoms. The lowest BCUT2D eigenvalue weighted by molar-refractivity contribution is -0.167. The molecule has 1 saturated heterocycles. The van der Waals surface area contributed by atoms with Gasteiger partial charge in [0.1, 0.15) is 0 Å². The summed E-state index contributed by atoms with van der Waals surface area (Å²) in [5.41, 5.74) is 0.513. The van der Waals surface area contributed by atoms with Crippen LogP contribution in [0.15, 0.2) is 18.2 Å². The van der Waals surface area contributed by atoms with Crippen molar-refractivity contribution in [3.63, 3.8) is 0 Å². The molecule has 0 atom stereocenters. The maximum absolute atomic E-state index is 12.4. The molecule has 1 fully saturated rings. The zero-order valence-corrected chi connectivity index (χ0v) is 12.1. The fourth-order valence-electron chi connectivity index (χ4n) is 2.16. The van der Waals surface area contributed by atoms with Crippen LogP contribution in [0.1, 0.15) is 0 Å². The zero-order chi connectivity index (χ0) is 15.6. The van der Waals surface area contributed by atoms with Crippen molar-refractivity contribution >= 4 is 28.9 Å². The molecular weight excluding hydrogens is 307 g/mol. The van der Waals surface area contributed by atoms with E-state index >= 15 is 0 Å². The average molecular weight is 322 g/mol. The highest BCUT2D eigenvalue weighted by atomic mass is 35.5. The van der Waals surface area contributed by atoms with Gasteiger partial charge in [-0.1, -0.05) is 17.7 Å². The summed E-state index contributed by atoms with van der Waals surface area (Å²) in [5.74, 6) is -2.00. The van der Waals surface area contributed by atoms with Gasteiger partial charge < -0.3 is 15.1 Å². The maximum Gasteiger partial charge on any atom is 0.471 e. The number of carbonyl (C=O) groups excluding carboxylic acids is 1. The lowest BCUT2D eigenvalue weighted by atomic mass is 10.2. The summed E-state index contributed by atoms with van der Waals surface area (Å²) in [6, 6.07) is 4.52. The predicted octanol–water partition coefficient (Wildman–Crippen LogP) is 2.59. The van der Waals surface area contributed by atoms with Crippen molar-refractivity contribution in [2.45, 2.75) is 6.18 Å². The van der Waals surface area contributed by atoms with Crippen molar-refractivity contribution < 1.29 is 18.0 Å². The molecule has 1 heterocycles. The number of para-hydroxylation sites is 1. The predicted molar refractivity (Wildman–Crippen MR) is 75.8 cm³/mol. The van der Waals surface area contributed by atoms with Crippen molar-refractivity contribution in [3.05, 3.63) is 23.2 Å². The number of piperazine rings is 1. The fraction of sp³-hybridized carbons (Fsp3) is 0.462. The Balaban J connectivity index is 2.26. The molecule has 4 nitrogen and oxygen atoms in total. The van der Waals surface area contributed by atoms with Crippen LogP contribution >= 0.6 is 11.6 Å². The number of amides is 1. The van der Waals surface area contributed by atoms with Crippen molar-refractivity contribution in [1.29, 1.82) is 0 Å². The standard InChI is InChI=1S/C13H15ClF3N3O/c1-19-5-7-20(8-6-19)11-9(14)3-2-4-10(11)18-12(21)13(15,16)17/h2-4H,5-8H2,1H3,(H,18,21). The van der Waals surface area contributed by atoms with Gasteiger partial charge in [0.25, 0.3) is 0 Å². The van der Waals surface area contributed by atoms with Gasteiger partial charge in [0.2, 0.25) is 0 Å². The average Bonchev–Trinajstić information content (AvgIpc) is 2.39. The number of hydrogen-bond donors (Lipinski definition) is 1. The van der Waals surface area contributed by atoms with E-state index in [2.05, 4.69) is 4.90 Å². The number of halogens is 4. The van der Waals surface area contributed by atoms with Crippen LogP contribution in [0, 0.1) is 0 Å². The summed E-state index contributed by atoms with van der Waals surface area (Å²) in [5, 5.41) is 2.22. The number of benzene rings is 1. The summed E-state index contributed by atoms with van der Waals surface area (Å²) < 4.78 is 37.2. The van der Waals surface area contributed by atoms with E-state index in [1.165, 1.54) is 12.1 Å². The lowest BCUT2D eigenvalue weighted by Crippen LogP contribution is -2.45. The second-order valence-corrected chi connectivity index (χ2v) is 5.29. The molecule has 0 unspecified atom stereocenters. The summed E-state index contributed by atoms with van der Waals surface area (Å²) in [7, 11) is 1.97. The lowest BCUT2D eigenvalue weighted by Gasteiger charge is -2.35. The van der Waals surface area contributed by atoms with Crippen LogP contribution in [0.5, 0.6) is 0 Å². The number of alkyl halides is 3. The highest BCUT2D eigenvalue weighted by Gasteiger charge is 2.39. The van der Waals surface area contributed by atoms with Crippen LogP contribution in [-0.2, 0) is 4.79 Å². The van der Waals surface area contributed by atoms with E-state index < -0.39 is 12.1 Å². The molecule has 0 radical (unpaired) electrons. The third-order valence-corrected chi connectivity index (χ3v) is 3.62. The minimum absolute atomic E-state index is 0.0781. The summed E-state index contributed by atoms with van der Waals surface area (Å²) in [6.45, 7) is 2.82. The smallest absolute Gasteiger partial charge is 0.366 e. The Morgan fingerprint density at radius 2 is 1.86 bits per heavy atom. The topological polar surface area (TPSA) is 35.6 Å². The van der Waals surface area contributed by atoms with Gasteiger partial charge in [0, 0.05) is 26.2 Å². The Kier molecular flexibility index (Phi) is 4.63. The second-order valence-electron chi connectivity index (χ2n) is 4.88. The minimum atomic E-state index is -4.93. The third kappa shape index (κ3) is 3.79. The van der Waals surface area contributed by atoms with Crippen molar-refractivity contribution in [2.24, 2.45) is 0 Å². The first-order valence-corrected chi connectivity index (χ1v) is 6.77. The van der Waals surface area contributed by atoms with Crippen LogP contribution in [0.25, 0.3) is 0 Å². The Labute approximate surface area is 125 Å². The molecule has 0 bridgehead atoms.